The largest absolute Gasteiger partial charge is 0.393 e. The number of rotatable bonds is 7. The molecule has 0 radical (unpaired) electrons. The fourth-order valence-electron chi connectivity index (χ4n) is 1.72. The number of carbonyl (C=O) groups is 1. The zero-order valence-corrected chi connectivity index (χ0v) is 10.2. The highest BCUT2D eigenvalue weighted by atomic mass is 16.3. The Balaban J connectivity index is 2.47. The summed E-state index contributed by atoms with van der Waals surface area (Å²) in [5.74, 6) is -0.318. The number of aliphatic hydroxyl groups is 2. The van der Waals surface area contributed by atoms with Crippen molar-refractivity contribution in [3.05, 3.63) is 35.9 Å². The molecule has 0 saturated carbocycles. The van der Waals surface area contributed by atoms with E-state index in [0.717, 1.165) is 12.8 Å². The molecule has 0 amide bonds. The maximum Gasteiger partial charge on any atom is 0.191 e. The number of benzene rings is 1. The summed E-state index contributed by atoms with van der Waals surface area (Å²) >= 11 is 0. The van der Waals surface area contributed by atoms with E-state index in [4.69, 9.17) is 0 Å². The number of carbonyl (C=O) groups excluding carboxylic acids is 1. The number of ketones is 1. The van der Waals surface area contributed by atoms with E-state index in [1.807, 2.05) is 13.0 Å². The monoisotopic (exact) mass is 236 g/mol. The summed E-state index contributed by atoms with van der Waals surface area (Å²) in [6.07, 6.45) is 0.957. The van der Waals surface area contributed by atoms with Gasteiger partial charge < -0.3 is 10.2 Å². The second kappa shape index (κ2) is 7.20. The Labute approximate surface area is 102 Å². The number of Topliss-reactive ketones (excluding diaryl/α,β-unsaturated/α-hetero) is 1. The molecule has 0 heterocycles. The Hall–Kier alpha value is -1.19. The van der Waals surface area contributed by atoms with Crippen LogP contribution in [0, 0.1) is 0 Å². The van der Waals surface area contributed by atoms with E-state index < -0.39 is 12.2 Å². The first-order valence-electron chi connectivity index (χ1n) is 6.10. The SMILES string of the molecule is CCCCC(O)CC(O)C(=O)c1ccccc1. The van der Waals surface area contributed by atoms with Crippen LogP contribution in [0.1, 0.15) is 43.0 Å². The van der Waals surface area contributed by atoms with Gasteiger partial charge in [0.15, 0.2) is 5.78 Å². The zero-order valence-electron chi connectivity index (χ0n) is 10.2. The van der Waals surface area contributed by atoms with Crippen molar-refractivity contribution < 1.29 is 15.0 Å². The van der Waals surface area contributed by atoms with E-state index >= 15 is 0 Å². The lowest BCUT2D eigenvalue weighted by Gasteiger charge is -2.14. The predicted molar refractivity (Wildman–Crippen MR) is 66.9 cm³/mol. The van der Waals surface area contributed by atoms with E-state index in [0.29, 0.717) is 12.0 Å². The minimum absolute atomic E-state index is 0.119. The molecule has 2 atom stereocenters. The smallest absolute Gasteiger partial charge is 0.191 e. The summed E-state index contributed by atoms with van der Waals surface area (Å²) in [5.41, 5.74) is 0.489. The molecule has 94 valence electrons. The molecule has 2 N–H and O–H groups in total. The maximum atomic E-state index is 11.8. The second-order valence-electron chi connectivity index (χ2n) is 4.28. The minimum atomic E-state index is -1.11. The van der Waals surface area contributed by atoms with Crippen LogP contribution in [0.25, 0.3) is 0 Å². The molecule has 3 nitrogen and oxygen atoms in total. The molecule has 2 unspecified atom stereocenters. The highest BCUT2D eigenvalue weighted by molar-refractivity contribution is 5.99. The lowest BCUT2D eigenvalue weighted by atomic mass is 9.99. The van der Waals surface area contributed by atoms with E-state index in [2.05, 4.69) is 0 Å². The molecule has 0 aliphatic rings. The van der Waals surface area contributed by atoms with Gasteiger partial charge in [-0.25, -0.2) is 0 Å². The summed E-state index contributed by atoms with van der Waals surface area (Å²) in [6, 6.07) is 8.67. The van der Waals surface area contributed by atoms with Gasteiger partial charge in [0.1, 0.15) is 6.10 Å². The highest BCUT2D eigenvalue weighted by Gasteiger charge is 2.20. The Morgan fingerprint density at radius 1 is 1.24 bits per heavy atom. The standard InChI is InChI=1S/C14H20O3/c1-2-3-9-12(15)10-13(16)14(17)11-7-5-4-6-8-11/h4-8,12-13,15-16H,2-3,9-10H2,1H3. The average Bonchev–Trinajstić information content (AvgIpc) is 2.36. The third kappa shape index (κ3) is 4.67. The van der Waals surface area contributed by atoms with E-state index in [1.54, 1.807) is 24.3 Å². The molecule has 0 aromatic heterocycles. The first-order valence-corrected chi connectivity index (χ1v) is 6.10. The molecule has 17 heavy (non-hydrogen) atoms. The topological polar surface area (TPSA) is 57.5 Å². The van der Waals surface area contributed by atoms with Crippen LogP contribution in [-0.2, 0) is 0 Å². The second-order valence-corrected chi connectivity index (χ2v) is 4.28. The van der Waals surface area contributed by atoms with Gasteiger partial charge in [0.05, 0.1) is 6.10 Å². The molecule has 0 fully saturated rings. The van der Waals surface area contributed by atoms with Gasteiger partial charge in [0, 0.05) is 12.0 Å². The van der Waals surface area contributed by atoms with Gasteiger partial charge in [-0.15, -0.1) is 0 Å². The van der Waals surface area contributed by atoms with Gasteiger partial charge in [0.2, 0.25) is 0 Å². The van der Waals surface area contributed by atoms with Crippen LogP contribution in [0.2, 0.25) is 0 Å². The first kappa shape index (κ1) is 13.9. The summed E-state index contributed by atoms with van der Waals surface area (Å²) < 4.78 is 0. The van der Waals surface area contributed by atoms with Crippen molar-refractivity contribution in [2.24, 2.45) is 0 Å². The summed E-state index contributed by atoms with van der Waals surface area (Å²) in [5, 5.41) is 19.4. The molecule has 0 bridgehead atoms. The Kier molecular flexibility index (Phi) is 5.87. The minimum Gasteiger partial charge on any atom is -0.393 e. The number of unbranched alkanes of at least 4 members (excludes halogenated alkanes) is 1. The third-order valence-corrected chi connectivity index (χ3v) is 2.75. The summed E-state index contributed by atoms with van der Waals surface area (Å²) in [6.45, 7) is 2.04. The number of hydrogen-bond donors (Lipinski definition) is 2. The normalized spacial score (nSPS) is 14.3. The first-order chi connectivity index (χ1) is 8.15. The molecule has 1 aromatic carbocycles. The fourth-order valence-corrected chi connectivity index (χ4v) is 1.72. The molecule has 0 aliphatic carbocycles. The van der Waals surface area contributed by atoms with Crippen LogP contribution in [0.3, 0.4) is 0 Å². The average molecular weight is 236 g/mol. The quantitative estimate of drug-likeness (QED) is 0.713. The van der Waals surface area contributed by atoms with Crippen molar-refractivity contribution >= 4 is 5.78 Å². The van der Waals surface area contributed by atoms with Crippen LogP contribution in [0.15, 0.2) is 30.3 Å². The fraction of sp³-hybridized carbons (Fsp3) is 0.500. The van der Waals surface area contributed by atoms with Crippen LogP contribution in [0.4, 0.5) is 0 Å². The molecule has 0 saturated heterocycles. The molecule has 1 rings (SSSR count). The number of hydrogen-bond acceptors (Lipinski definition) is 3. The van der Waals surface area contributed by atoms with Crippen molar-refractivity contribution in [3.8, 4) is 0 Å². The zero-order chi connectivity index (χ0) is 12.7. The van der Waals surface area contributed by atoms with Crippen molar-refractivity contribution in [2.75, 3.05) is 0 Å². The van der Waals surface area contributed by atoms with Crippen LogP contribution < -0.4 is 0 Å². The summed E-state index contributed by atoms with van der Waals surface area (Å²) in [7, 11) is 0. The van der Waals surface area contributed by atoms with Crippen LogP contribution >= 0.6 is 0 Å². The lowest BCUT2D eigenvalue weighted by molar-refractivity contribution is 0.0534. The van der Waals surface area contributed by atoms with Gasteiger partial charge in [-0.3, -0.25) is 4.79 Å². The van der Waals surface area contributed by atoms with Crippen molar-refractivity contribution in [1.82, 2.24) is 0 Å². The van der Waals surface area contributed by atoms with Crippen LogP contribution in [-0.4, -0.2) is 28.2 Å². The predicted octanol–water partition coefficient (Wildman–Crippen LogP) is 2.17. The van der Waals surface area contributed by atoms with Crippen molar-refractivity contribution in [1.29, 1.82) is 0 Å². The molecule has 3 heteroatoms. The molecular formula is C14H20O3. The van der Waals surface area contributed by atoms with Crippen LogP contribution in [0.5, 0.6) is 0 Å². The molecule has 0 spiro atoms. The lowest BCUT2D eigenvalue weighted by Crippen LogP contribution is -2.26. The molecule has 0 aliphatic heterocycles. The highest BCUT2D eigenvalue weighted by Crippen LogP contribution is 2.11. The van der Waals surface area contributed by atoms with E-state index in [-0.39, 0.29) is 12.2 Å². The third-order valence-electron chi connectivity index (χ3n) is 2.75. The van der Waals surface area contributed by atoms with Gasteiger partial charge in [0.25, 0.3) is 0 Å². The van der Waals surface area contributed by atoms with Gasteiger partial charge in [-0.05, 0) is 6.42 Å². The Morgan fingerprint density at radius 3 is 2.47 bits per heavy atom. The van der Waals surface area contributed by atoms with Gasteiger partial charge in [-0.1, -0.05) is 50.1 Å². The Bertz CT molecular complexity index is 335. The van der Waals surface area contributed by atoms with Crippen molar-refractivity contribution in [3.63, 3.8) is 0 Å². The van der Waals surface area contributed by atoms with Gasteiger partial charge in [-0.2, -0.15) is 0 Å². The Morgan fingerprint density at radius 2 is 1.88 bits per heavy atom. The maximum absolute atomic E-state index is 11.8. The summed E-state index contributed by atoms with van der Waals surface area (Å²) in [4.78, 5) is 11.8. The van der Waals surface area contributed by atoms with Gasteiger partial charge >= 0.3 is 0 Å². The van der Waals surface area contributed by atoms with Crippen molar-refractivity contribution in [2.45, 2.75) is 44.8 Å². The van der Waals surface area contributed by atoms with E-state index in [9.17, 15) is 15.0 Å². The van der Waals surface area contributed by atoms with E-state index in [1.165, 1.54) is 0 Å². The number of aliphatic hydroxyl groups excluding tert-OH is 2. The molecule has 1 aromatic rings. The molecular weight excluding hydrogens is 216 g/mol.